The van der Waals surface area contributed by atoms with E-state index in [1.54, 1.807) is 6.07 Å². The molecule has 4 heteroatoms. The minimum Gasteiger partial charge on any atom is -0.490 e. The minimum atomic E-state index is -0.488. The monoisotopic (exact) mass is 253 g/mol. The first kappa shape index (κ1) is 13.9. The topological polar surface area (TPSA) is 33.0 Å². The van der Waals surface area contributed by atoms with Gasteiger partial charge in [-0.2, -0.15) is 17.9 Å². The predicted octanol–water partition coefficient (Wildman–Crippen LogP) is 3.42. The van der Waals surface area contributed by atoms with E-state index in [-0.39, 0.29) is 5.75 Å². The molecular formula is C13H16FNOS. The third kappa shape index (κ3) is 4.27. The summed E-state index contributed by atoms with van der Waals surface area (Å²) in [7, 11) is 0. The quantitative estimate of drug-likeness (QED) is 0.788. The van der Waals surface area contributed by atoms with Crippen LogP contribution < -0.4 is 4.74 Å². The molecule has 2 nitrogen and oxygen atoms in total. The Morgan fingerprint density at radius 1 is 1.53 bits per heavy atom. The number of halogens is 1. The summed E-state index contributed by atoms with van der Waals surface area (Å²) in [5.74, 6) is 0.773. The highest BCUT2D eigenvalue weighted by molar-refractivity contribution is 7.80. The molecule has 0 aliphatic carbocycles. The van der Waals surface area contributed by atoms with Crippen molar-refractivity contribution >= 4 is 12.6 Å². The maximum Gasteiger partial charge on any atom is 0.166 e. The van der Waals surface area contributed by atoms with E-state index >= 15 is 0 Å². The van der Waals surface area contributed by atoms with Crippen LogP contribution in [0.1, 0.15) is 25.3 Å². The molecule has 0 spiro atoms. The van der Waals surface area contributed by atoms with Gasteiger partial charge in [-0.1, -0.05) is 13.3 Å². The van der Waals surface area contributed by atoms with Gasteiger partial charge >= 0.3 is 0 Å². The van der Waals surface area contributed by atoms with Crippen LogP contribution in [0.25, 0.3) is 0 Å². The van der Waals surface area contributed by atoms with Crippen molar-refractivity contribution in [2.45, 2.75) is 19.8 Å². The molecule has 0 aromatic heterocycles. The lowest BCUT2D eigenvalue weighted by Gasteiger charge is -2.14. The second-order valence-corrected chi connectivity index (χ2v) is 4.27. The van der Waals surface area contributed by atoms with Crippen molar-refractivity contribution in [3.05, 3.63) is 29.6 Å². The van der Waals surface area contributed by atoms with Gasteiger partial charge in [0, 0.05) is 5.92 Å². The summed E-state index contributed by atoms with van der Waals surface area (Å²) >= 11 is 4.24. The summed E-state index contributed by atoms with van der Waals surface area (Å²) in [4.78, 5) is 0. The second kappa shape index (κ2) is 7.18. The molecule has 0 heterocycles. The van der Waals surface area contributed by atoms with Crippen molar-refractivity contribution in [2.24, 2.45) is 5.92 Å². The van der Waals surface area contributed by atoms with Crippen molar-refractivity contribution in [1.29, 1.82) is 5.26 Å². The van der Waals surface area contributed by atoms with E-state index in [0.29, 0.717) is 18.1 Å². The van der Waals surface area contributed by atoms with Gasteiger partial charge in [-0.25, -0.2) is 4.39 Å². The molecule has 0 N–H and O–H groups in total. The van der Waals surface area contributed by atoms with Crippen molar-refractivity contribution in [3.63, 3.8) is 0 Å². The van der Waals surface area contributed by atoms with Gasteiger partial charge in [0.2, 0.25) is 0 Å². The van der Waals surface area contributed by atoms with Gasteiger partial charge in [-0.05, 0) is 30.4 Å². The Morgan fingerprint density at radius 2 is 2.29 bits per heavy atom. The first-order chi connectivity index (χ1) is 8.21. The fraction of sp³-hybridized carbons (Fsp3) is 0.462. The summed E-state index contributed by atoms with van der Waals surface area (Å²) in [5, 5.41) is 8.61. The van der Waals surface area contributed by atoms with Gasteiger partial charge in [0.25, 0.3) is 0 Å². The van der Waals surface area contributed by atoms with Gasteiger partial charge in [0.1, 0.15) is 0 Å². The molecule has 0 radical (unpaired) electrons. The summed E-state index contributed by atoms with van der Waals surface area (Å²) in [6.07, 6.45) is 2.08. The second-order valence-electron chi connectivity index (χ2n) is 3.91. The number of ether oxygens (including phenoxy) is 1. The Balaban J connectivity index is 2.60. The van der Waals surface area contributed by atoms with Crippen LogP contribution in [0.15, 0.2) is 18.2 Å². The lowest BCUT2D eigenvalue weighted by molar-refractivity contribution is 0.244. The zero-order chi connectivity index (χ0) is 12.7. The number of thiol groups is 1. The average Bonchev–Trinajstić information content (AvgIpc) is 2.35. The van der Waals surface area contributed by atoms with Gasteiger partial charge in [-0.15, -0.1) is 0 Å². The van der Waals surface area contributed by atoms with Crippen molar-refractivity contribution in [1.82, 2.24) is 0 Å². The van der Waals surface area contributed by atoms with Crippen molar-refractivity contribution in [3.8, 4) is 11.8 Å². The molecule has 1 rings (SSSR count). The third-order valence-electron chi connectivity index (χ3n) is 2.49. The van der Waals surface area contributed by atoms with Crippen LogP contribution in [0.3, 0.4) is 0 Å². The highest BCUT2D eigenvalue weighted by Crippen LogP contribution is 2.19. The number of hydrogen-bond donors (Lipinski definition) is 1. The summed E-state index contributed by atoms with van der Waals surface area (Å²) in [6, 6.07) is 6.11. The van der Waals surface area contributed by atoms with Gasteiger partial charge in [-0.3, -0.25) is 0 Å². The number of rotatable bonds is 6. The molecule has 1 aromatic carbocycles. The van der Waals surface area contributed by atoms with E-state index in [4.69, 9.17) is 10.00 Å². The highest BCUT2D eigenvalue weighted by atomic mass is 32.1. The van der Waals surface area contributed by atoms with Gasteiger partial charge in [0.15, 0.2) is 11.6 Å². The summed E-state index contributed by atoms with van der Waals surface area (Å²) in [5.41, 5.74) is 0.300. The first-order valence-electron chi connectivity index (χ1n) is 5.64. The zero-order valence-electron chi connectivity index (χ0n) is 9.82. The van der Waals surface area contributed by atoms with E-state index in [9.17, 15) is 4.39 Å². The Morgan fingerprint density at radius 3 is 2.82 bits per heavy atom. The minimum absolute atomic E-state index is 0.201. The van der Waals surface area contributed by atoms with Gasteiger partial charge in [0.05, 0.1) is 18.2 Å². The Hall–Kier alpha value is -1.21. The molecule has 1 unspecified atom stereocenters. The zero-order valence-corrected chi connectivity index (χ0v) is 10.7. The van der Waals surface area contributed by atoms with E-state index in [2.05, 4.69) is 19.6 Å². The van der Waals surface area contributed by atoms with E-state index in [1.165, 1.54) is 12.1 Å². The standard InChI is InChI=1S/C13H16FNOS/c1-2-3-11(9-17)8-16-13-5-4-10(7-15)6-12(13)14/h4-6,11,17H,2-3,8-9H2,1H3. The fourth-order valence-corrected chi connectivity index (χ4v) is 1.82. The Labute approximate surface area is 107 Å². The van der Waals surface area contributed by atoms with Gasteiger partial charge < -0.3 is 4.74 Å². The van der Waals surface area contributed by atoms with E-state index in [1.807, 2.05) is 6.07 Å². The van der Waals surface area contributed by atoms with E-state index in [0.717, 1.165) is 18.6 Å². The molecule has 0 saturated heterocycles. The molecule has 0 saturated carbocycles. The highest BCUT2D eigenvalue weighted by Gasteiger charge is 2.09. The summed E-state index contributed by atoms with van der Waals surface area (Å²) < 4.78 is 18.9. The molecule has 92 valence electrons. The molecule has 0 bridgehead atoms. The van der Waals surface area contributed by atoms with Crippen LogP contribution in [-0.4, -0.2) is 12.4 Å². The van der Waals surface area contributed by atoms with Crippen LogP contribution >= 0.6 is 12.6 Å². The Bertz CT molecular complexity index is 403. The third-order valence-corrected chi connectivity index (χ3v) is 3.01. The normalized spacial score (nSPS) is 11.9. The number of hydrogen-bond acceptors (Lipinski definition) is 3. The van der Waals surface area contributed by atoms with E-state index < -0.39 is 5.82 Å². The molecule has 1 atom stereocenters. The maximum absolute atomic E-state index is 13.5. The number of nitrogens with zero attached hydrogens (tertiary/aromatic N) is 1. The molecule has 0 fully saturated rings. The predicted molar refractivity (Wildman–Crippen MR) is 68.9 cm³/mol. The smallest absolute Gasteiger partial charge is 0.166 e. The van der Waals surface area contributed by atoms with Crippen molar-refractivity contribution < 1.29 is 9.13 Å². The fourth-order valence-electron chi connectivity index (χ4n) is 1.53. The van der Waals surface area contributed by atoms with Crippen LogP contribution in [0.5, 0.6) is 5.75 Å². The Kier molecular flexibility index (Phi) is 5.85. The van der Waals surface area contributed by atoms with Crippen molar-refractivity contribution in [2.75, 3.05) is 12.4 Å². The molecule has 0 aliphatic rings. The molecular weight excluding hydrogens is 237 g/mol. The lowest BCUT2D eigenvalue weighted by atomic mass is 10.1. The van der Waals surface area contributed by atoms with Crippen LogP contribution in [0.4, 0.5) is 4.39 Å². The van der Waals surface area contributed by atoms with Crippen LogP contribution in [0.2, 0.25) is 0 Å². The average molecular weight is 253 g/mol. The molecule has 17 heavy (non-hydrogen) atoms. The summed E-state index contributed by atoms with van der Waals surface area (Å²) in [6.45, 7) is 2.55. The molecule has 0 aliphatic heterocycles. The maximum atomic E-state index is 13.5. The number of nitriles is 1. The molecule has 0 amide bonds. The number of benzene rings is 1. The lowest BCUT2D eigenvalue weighted by Crippen LogP contribution is -2.14. The van der Waals surface area contributed by atoms with Crippen LogP contribution in [0, 0.1) is 23.1 Å². The van der Waals surface area contributed by atoms with Crippen LogP contribution in [-0.2, 0) is 0 Å². The first-order valence-corrected chi connectivity index (χ1v) is 6.27. The molecule has 1 aromatic rings. The largest absolute Gasteiger partial charge is 0.490 e. The SMILES string of the molecule is CCCC(CS)COc1ccc(C#N)cc1F.